The summed E-state index contributed by atoms with van der Waals surface area (Å²) in [5, 5.41) is 2.78. The topological polar surface area (TPSA) is 89.5 Å². The Morgan fingerprint density at radius 2 is 2.17 bits per heavy atom. The molecule has 8 heteroatoms. The lowest BCUT2D eigenvalue weighted by Gasteiger charge is -2.20. The molecule has 1 aliphatic heterocycles. The standard InChI is InChI=1S/C15H18BrNO5S/c1-22-14(18)8-13(10-3-2-4-12(16)7-10)17-15(19)11-5-6-23(20,21)9-11/h2-4,7,11,13H,5-6,8-9H2,1H3,(H,17,19)/t11-,13+/m1/s1. The number of halogens is 1. The highest BCUT2D eigenvalue weighted by molar-refractivity contribution is 9.10. The van der Waals surface area contributed by atoms with Crippen LogP contribution in [0.2, 0.25) is 0 Å². The molecule has 0 spiro atoms. The third-order valence-electron chi connectivity index (χ3n) is 3.77. The van der Waals surface area contributed by atoms with Crippen molar-refractivity contribution < 1.29 is 22.7 Å². The summed E-state index contributed by atoms with van der Waals surface area (Å²) in [7, 11) is -1.85. The van der Waals surface area contributed by atoms with Gasteiger partial charge in [-0.1, -0.05) is 28.1 Å². The Morgan fingerprint density at radius 1 is 1.43 bits per heavy atom. The van der Waals surface area contributed by atoms with Gasteiger partial charge in [0, 0.05) is 4.47 Å². The number of methoxy groups -OCH3 is 1. The second kappa shape index (κ2) is 7.44. The average molecular weight is 404 g/mol. The van der Waals surface area contributed by atoms with Crippen molar-refractivity contribution in [2.24, 2.45) is 5.92 Å². The van der Waals surface area contributed by atoms with E-state index < -0.39 is 27.8 Å². The summed E-state index contributed by atoms with van der Waals surface area (Å²) >= 11 is 3.35. The molecule has 0 bridgehead atoms. The van der Waals surface area contributed by atoms with Gasteiger partial charge in [-0.15, -0.1) is 0 Å². The van der Waals surface area contributed by atoms with Crippen LogP contribution < -0.4 is 5.32 Å². The van der Waals surface area contributed by atoms with Gasteiger partial charge in [-0.25, -0.2) is 8.42 Å². The molecule has 1 heterocycles. The first-order valence-corrected chi connectivity index (χ1v) is 9.75. The van der Waals surface area contributed by atoms with Crippen molar-refractivity contribution in [1.29, 1.82) is 0 Å². The predicted octanol–water partition coefficient (Wildman–Crippen LogP) is 1.60. The molecule has 1 aromatic rings. The Hall–Kier alpha value is -1.41. The summed E-state index contributed by atoms with van der Waals surface area (Å²) in [5.74, 6) is -1.46. The number of ether oxygens (including phenoxy) is 1. The first kappa shape index (κ1) is 17.9. The van der Waals surface area contributed by atoms with E-state index in [1.807, 2.05) is 6.07 Å². The van der Waals surface area contributed by atoms with Gasteiger partial charge < -0.3 is 10.1 Å². The van der Waals surface area contributed by atoms with Crippen LogP contribution in [0.4, 0.5) is 0 Å². The number of benzene rings is 1. The number of hydrogen-bond donors (Lipinski definition) is 1. The zero-order valence-corrected chi connectivity index (χ0v) is 15.0. The summed E-state index contributed by atoms with van der Waals surface area (Å²) in [5.41, 5.74) is 0.749. The number of carbonyl (C=O) groups excluding carboxylic acids is 2. The molecular formula is C15H18BrNO5S. The number of sulfone groups is 1. The molecule has 1 N–H and O–H groups in total. The number of esters is 1. The fraction of sp³-hybridized carbons (Fsp3) is 0.467. The lowest BCUT2D eigenvalue weighted by molar-refractivity contribution is -0.141. The molecule has 6 nitrogen and oxygen atoms in total. The van der Waals surface area contributed by atoms with Crippen LogP contribution in [0.3, 0.4) is 0 Å². The molecule has 0 aromatic heterocycles. The fourth-order valence-corrected chi connectivity index (χ4v) is 4.68. The van der Waals surface area contributed by atoms with Gasteiger partial charge in [-0.2, -0.15) is 0 Å². The van der Waals surface area contributed by atoms with Crippen molar-refractivity contribution >= 4 is 37.6 Å². The summed E-state index contributed by atoms with van der Waals surface area (Å²) in [4.78, 5) is 23.9. The SMILES string of the molecule is COC(=O)C[C@H](NC(=O)[C@@H]1CCS(=O)(=O)C1)c1cccc(Br)c1. The van der Waals surface area contributed by atoms with E-state index in [0.717, 1.165) is 10.0 Å². The van der Waals surface area contributed by atoms with Gasteiger partial charge in [-0.3, -0.25) is 9.59 Å². The highest BCUT2D eigenvalue weighted by Gasteiger charge is 2.34. The lowest BCUT2D eigenvalue weighted by Crippen LogP contribution is -2.35. The molecule has 1 amide bonds. The third-order valence-corrected chi connectivity index (χ3v) is 6.03. The largest absolute Gasteiger partial charge is 0.469 e. The molecule has 0 radical (unpaired) electrons. The number of hydrogen-bond acceptors (Lipinski definition) is 5. The Bertz CT molecular complexity index is 704. The minimum absolute atomic E-state index is 0.0157. The maximum Gasteiger partial charge on any atom is 0.307 e. The average Bonchev–Trinajstić information content (AvgIpc) is 2.86. The molecule has 126 valence electrons. The molecule has 2 atom stereocenters. The van der Waals surface area contributed by atoms with E-state index in [1.54, 1.807) is 18.2 Å². The number of rotatable bonds is 5. The summed E-state index contributed by atoms with van der Waals surface area (Å²) in [6, 6.07) is 6.68. The van der Waals surface area contributed by atoms with Crippen LogP contribution in [0.1, 0.15) is 24.4 Å². The van der Waals surface area contributed by atoms with Crippen molar-refractivity contribution in [3.63, 3.8) is 0 Å². The van der Waals surface area contributed by atoms with Gasteiger partial charge in [0.05, 0.1) is 37.0 Å². The Morgan fingerprint density at radius 3 is 2.74 bits per heavy atom. The number of carbonyl (C=O) groups is 2. The van der Waals surface area contributed by atoms with E-state index in [1.165, 1.54) is 7.11 Å². The zero-order valence-electron chi connectivity index (χ0n) is 12.6. The number of amides is 1. The molecule has 1 aliphatic rings. The molecule has 1 aromatic carbocycles. The normalized spacial score (nSPS) is 20.7. The quantitative estimate of drug-likeness (QED) is 0.754. The summed E-state index contributed by atoms with van der Waals surface area (Å²) in [6.45, 7) is 0. The maximum absolute atomic E-state index is 12.3. The van der Waals surface area contributed by atoms with Gasteiger partial charge in [0.15, 0.2) is 9.84 Å². The van der Waals surface area contributed by atoms with Crippen molar-refractivity contribution in [3.05, 3.63) is 34.3 Å². The van der Waals surface area contributed by atoms with E-state index in [4.69, 9.17) is 0 Å². The van der Waals surface area contributed by atoms with E-state index in [9.17, 15) is 18.0 Å². The minimum Gasteiger partial charge on any atom is -0.469 e. The Balaban J connectivity index is 2.14. The molecule has 0 saturated carbocycles. The highest BCUT2D eigenvalue weighted by Crippen LogP contribution is 2.24. The smallest absolute Gasteiger partial charge is 0.307 e. The molecule has 0 unspecified atom stereocenters. The summed E-state index contributed by atoms with van der Waals surface area (Å²) < 4.78 is 28.5. The van der Waals surface area contributed by atoms with Crippen LogP contribution in [0.15, 0.2) is 28.7 Å². The fourth-order valence-electron chi connectivity index (χ4n) is 2.52. The molecule has 0 aliphatic carbocycles. The first-order valence-electron chi connectivity index (χ1n) is 7.14. The second-order valence-electron chi connectivity index (χ2n) is 5.50. The van der Waals surface area contributed by atoms with E-state index in [0.29, 0.717) is 6.42 Å². The summed E-state index contributed by atoms with van der Waals surface area (Å²) in [6.07, 6.45) is 0.301. The second-order valence-corrected chi connectivity index (χ2v) is 8.64. The highest BCUT2D eigenvalue weighted by atomic mass is 79.9. The van der Waals surface area contributed by atoms with Gasteiger partial charge in [-0.05, 0) is 24.1 Å². The maximum atomic E-state index is 12.3. The van der Waals surface area contributed by atoms with Gasteiger partial charge in [0.25, 0.3) is 0 Å². The van der Waals surface area contributed by atoms with Crippen LogP contribution in [-0.2, 0) is 24.2 Å². The molecule has 23 heavy (non-hydrogen) atoms. The monoisotopic (exact) mass is 403 g/mol. The van der Waals surface area contributed by atoms with Gasteiger partial charge >= 0.3 is 5.97 Å². The molecule has 1 fully saturated rings. The minimum atomic E-state index is -3.14. The number of nitrogens with one attached hydrogen (secondary N) is 1. The van der Waals surface area contributed by atoms with Gasteiger partial charge in [0.2, 0.25) is 5.91 Å². The van der Waals surface area contributed by atoms with Crippen molar-refractivity contribution in [2.45, 2.75) is 18.9 Å². The van der Waals surface area contributed by atoms with Crippen molar-refractivity contribution in [1.82, 2.24) is 5.32 Å². The van der Waals surface area contributed by atoms with E-state index in [2.05, 4.69) is 26.0 Å². The Labute approximate surface area is 143 Å². The van der Waals surface area contributed by atoms with E-state index >= 15 is 0 Å². The van der Waals surface area contributed by atoms with Crippen LogP contribution in [0, 0.1) is 5.92 Å². The first-order chi connectivity index (χ1) is 10.8. The third kappa shape index (κ3) is 5.04. The van der Waals surface area contributed by atoms with Gasteiger partial charge in [0.1, 0.15) is 0 Å². The van der Waals surface area contributed by atoms with Crippen LogP contribution >= 0.6 is 15.9 Å². The Kier molecular flexibility index (Phi) is 5.80. The predicted molar refractivity (Wildman–Crippen MR) is 88.4 cm³/mol. The van der Waals surface area contributed by atoms with Crippen molar-refractivity contribution in [3.8, 4) is 0 Å². The van der Waals surface area contributed by atoms with Crippen LogP contribution in [0.5, 0.6) is 0 Å². The van der Waals surface area contributed by atoms with Crippen LogP contribution in [0.25, 0.3) is 0 Å². The zero-order chi connectivity index (χ0) is 17.0. The van der Waals surface area contributed by atoms with Crippen molar-refractivity contribution in [2.75, 3.05) is 18.6 Å². The molecular weight excluding hydrogens is 386 g/mol. The molecule has 2 rings (SSSR count). The molecule has 1 saturated heterocycles. The van der Waals surface area contributed by atoms with Crippen LogP contribution in [-0.4, -0.2) is 38.9 Å². The van der Waals surface area contributed by atoms with E-state index in [-0.39, 0.29) is 23.8 Å². The lowest BCUT2D eigenvalue weighted by atomic mass is 10.0.